The maximum Gasteiger partial charge on any atom is 0.305 e. The maximum atomic E-state index is 13.2. The lowest BCUT2D eigenvalue weighted by Crippen LogP contribution is -2.37. The highest BCUT2D eigenvalue weighted by Crippen LogP contribution is 2.10. The monoisotopic (exact) mass is 451 g/mol. The number of hydrogen-bond acceptors (Lipinski definition) is 3. The second-order valence-electron chi connectivity index (χ2n) is 5.11. The highest BCUT2D eigenvalue weighted by molar-refractivity contribution is 14.0. The number of halogens is 2. The van der Waals surface area contributed by atoms with Crippen LogP contribution in [-0.4, -0.2) is 31.6 Å². The van der Waals surface area contributed by atoms with Gasteiger partial charge in [-0.05, 0) is 44.4 Å². The highest BCUT2D eigenvalue weighted by atomic mass is 127. The number of hydrogen-bond donors (Lipinski definition) is 2. The van der Waals surface area contributed by atoms with Crippen molar-refractivity contribution in [3.63, 3.8) is 0 Å². The van der Waals surface area contributed by atoms with Gasteiger partial charge in [0.1, 0.15) is 5.82 Å². The second-order valence-corrected chi connectivity index (χ2v) is 5.11. The van der Waals surface area contributed by atoms with E-state index in [1.807, 2.05) is 6.92 Å². The normalized spacial score (nSPS) is 10.8. The number of esters is 1. The maximum absolute atomic E-state index is 13.2. The molecule has 0 bridgehead atoms. The summed E-state index contributed by atoms with van der Waals surface area (Å²) in [6.45, 7) is 7.77. The molecule has 0 saturated heterocycles. The van der Waals surface area contributed by atoms with Crippen molar-refractivity contribution in [1.29, 1.82) is 0 Å². The van der Waals surface area contributed by atoms with Crippen LogP contribution in [0, 0.1) is 12.7 Å². The molecule has 24 heavy (non-hydrogen) atoms. The number of carbonyl (C=O) groups excluding carboxylic acids is 1. The number of nitrogens with one attached hydrogen (secondary N) is 2. The molecule has 0 fully saturated rings. The summed E-state index contributed by atoms with van der Waals surface area (Å²) in [5.74, 6) is 0.290. The van der Waals surface area contributed by atoms with E-state index in [1.165, 1.54) is 6.07 Å². The van der Waals surface area contributed by atoms with Gasteiger partial charge in [0.2, 0.25) is 0 Å². The quantitative estimate of drug-likeness (QED) is 0.210. The first-order valence-corrected chi connectivity index (χ1v) is 7.99. The lowest BCUT2D eigenvalue weighted by atomic mass is 10.1. The first-order chi connectivity index (χ1) is 11.1. The summed E-state index contributed by atoms with van der Waals surface area (Å²) in [4.78, 5) is 15.7. The van der Waals surface area contributed by atoms with Gasteiger partial charge in [-0.25, -0.2) is 9.38 Å². The molecule has 5 nitrogen and oxygen atoms in total. The molecule has 2 N–H and O–H groups in total. The van der Waals surface area contributed by atoms with Gasteiger partial charge < -0.3 is 15.4 Å². The van der Waals surface area contributed by atoms with Crippen LogP contribution in [0.15, 0.2) is 23.2 Å². The molecule has 0 aliphatic rings. The van der Waals surface area contributed by atoms with Crippen molar-refractivity contribution < 1.29 is 13.9 Å². The van der Waals surface area contributed by atoms with Crippen LogP contribution in [-0.2, 0) is 16.1 Å². The van der Waals surface area contributed by atoms with Crippen LogP contribution in [0.2, 0.25) is 0 Å². The topological polar surface area (TPSA) is 62.7 Å². The Morgan fingerprint density at radius 3 is 2.67 bits per heavy atom. The van der Waals surface area contributed by atoms with Crippen molar-refractivity contribution in [2.75, 3.05) is 19.7 Å². The van der Waals surface area contributed by atoms with Gasteiger partial charge in [0, 0.05) is 19.5 Å². The van der Waals surface area contributed by atoms with Crippen molar-refractivity contribution >= 4 is 35.9 Å². The summed E-state index contributed by atoms with van der Waals surface area (Å²) in [6.07, 6.45) is 1.07. The molecule has 0 spiro atoms. The van der Waals surface area contributed by atoms with Crippen LogP contribution in [0.5, 0.6) is 0 Å². The third-order valence-electron chi connectivity index (χ3n) is 3.14. The summed E-state index contributed by atoms with van der Waals surface area (Å²) in [6, 6.07) is 4.99. The average molecular weight is 451 g/mol. The van der Waals surface area contributed by atoms with Crippen LogP contribution >= 0.6 is 24.0 Å². The minimum absolute atomic E-state index is 0. The van der Waals surface area contributed by atoms with E-state index in [2.05, 4.69) is 15.6 Å². The molecular formula is C17H27FIN3O2. The Hall–Kier alpha value is -1.38. The number of ether oxygens (including phenoxy) is 1. The van der Waals surface area contributed by atoms with Crippen molar-refractivity contribution in [2.24, 2.45) is 4.99 Å². The fourth-order valence-corrected chi connectivity index (χ4v) is 1.99. The summed E-state index contributed by atoms with van der Waals surface area (Å²) >= 11 is 0. The Labute approximate surface area is 160 Å². The highest BCUT2D eigenvalue weighted by Gasteiger charge is 2.03. The zero-order valence-corrected chi connectivity index (χ0v) is 16.9. The molecule has 7 heteroatoms. The smallest absolute Gasteiger partial charge is 0.305 e. The fraction of sp³-hybridized carbons (Fsp3) is 0.529. The number of rotatable bonds is 8. The van der Waals surface area contributed by atoms with Gasteiger partial charge in [0.15, 0.2) is 5.96 Å². The van der Waals surface area contributed by atoms with E-state index in [4.69, 9.17) is 4.74 Å². The molecule has 0 atom stereocenters. The van der Waals surface area contributed by atoms with Crippen molar-refractivity contribution in [3.8, 4) is 0 Å². The van der Waals surface area contributed by atoms with Gasteiger partial charge in [-0.1, -0.05) is 12.1 Å². The van der Waals surface area contributed by atoms with E-state index in [0.29, 0.717) is 44.1 Å². The predicted octanol–water partition coefficient (Wildman–Crippen LogP) is 3.15. The number of nitrogens with zero attached hydrogens (tertiary/aromatic N) is 1. The predicted molar refractivity (Wildman–Crippen MR) is 105 cm³/mol. The Morgan fingerprint density at radius 1 is 1.29 bits per heavy atom. The second kappa shape index (κ2) is 13.0. The van der Waals surface area contributed by atoms with E-state index in [9.17, 15) is 9.18 Å². The molecule has 0 saturated carbocycles. The van der Waals surface area contributed by atoms with Crippen molar-refractivity contribution in [1.82, 2.24) is 10.6 Å². The molecule has 0 aliphatic carbocycles. The van der Waals surface area contributed by atoms with Crippen molar-refractivity contribution in [3.05, 3.63) is 35.1 Å². The molecule has 0 heterocycles. The van der Waals surface area contributed by atoms with E-state index < -0.39 is 0 Å². The van der Waals surface area contributed by atoms with Crippen LogP contribution < -0.4 is 10.6 Å². The lowest BCUT2D eigenvalue weighted by molar-refractivity contribution is -0.143. The standard InChI is InChI=1S/C17H26FN3O2.HI/c1-4-19-17(20-10-6-7-16(22)23-5-2)21-12-14-8-9-15(18)13(3)11-14;/h8-9,11H,4-7,10,12H2,1-3H3,(H2,19,20,21);1H. The summed E-state index contributed by atoms with van der Waals surface area (Å²) in [5.41, 5.74) is 1.57. The van der Waals surface area contributed by atoms with Gasteiger partial charge >= 0.3 is 5.97 Å². The number of guanidine groups is 1. The molecule has 0 amide bonds. The molecular weight excluding hydrogens is 424 g/mol. The molecule has 1 aromatic carbocycles. The number of carbonyl (C=O) groups is 1. The third-order valence-corrected chi connectivity index (χ3v) is 3.14. The van der Waals surface area contributed by atoms with E-state index in [1.54, 1.807) is 26.0 Å². The summed E-state index contributed by atoms with van der Waals surface area (Å²) < 4.78 is 18.1. The van der Waals surface area contributed by atoms with Crippen LogP contribution in [0.25, 0.3) is 0 Å². The number of benzene rings is 1. The Morgan fingerprint density at radius 2 is 2.04 bits per heavy atom. The van der Waals surface area contributed by atoms with E-state index in [-0.39, 0.29) is 35.8 Å². The Balaban J connectivity index is 0.00000529. The molecule has 1 aromatic rings. The van der Waals surface area contributed by atoms with Gasteiger partial charge in [-0.15, -0.1) is 24.0 Å². The number of aryl methyl sites for hydroxylation is 1. The molecule has 0 unspecified atom stereocenters. The van der Waals surface area contributed by atoms with Gasteiger partial charge in [-0.3, -0.25) is 4.79 Å². The Kier molecular flexibility index (Phi) is 12.2. The van der Waals surface area contributed by atoms with Crippen LogP contribution in [0.1, 0.15) is 37.8 Å². The zero-order valence-electron chi connectivity index (χ0n) is 14.5. The minimum Gasteiger partial charge on any atom is -0.466 e. The van der Waals surface area contributed by atoms with Gasteiger partial charge in [0.25, 0.3) is 0 Å². The largest absolute Gasteiger partial charge is 0.466 e. The van der Waals surface area contributed by atoms with Crippen LogP contribution in [0.4, 0.5) is 4.39 Å². The fourth-order valence-electron chi connectivity index (χ4n) is 1.99. The Bertz CT molecular complexity index is 539. The van der Waals surface area contributed by atoms with Crippen molar-refractivity contribution in [2.45, 2.75) is 40.2 Å². The summed E-state index contributed by atoms with van der Waals surface area (Å²) in [5, 5.41) is 6.31. The molecule has 0 aromatic heterocycles. The third kappa shape index (κ3) is 9.05. The SMILES string of the molecule is CCNC(=NCc1ccc(F)c(C)c1)NCCCC(=O)OCC.I. The molecule has 1 rings (SSSR count). The van der Waals surface area contributed by atoms with E-state index in [0.717, 1.165) is 12.1 Å². The van der Waals surface area contributed by atoms with E-state index >= 15 is 0 Å². The molecule has 0 aliphatic heterocycles. The minimum atomic E-state index is -0.207. The average Bonchev–Trinajstić information content (AvgIpc) is 2.52. The lowest BCUT2D eigenvalue weighted by Gasteiger charge is -2.11. The van der Waals surface area contributed by atoms with Gasteiger partial charge in [0.05, 0.1) is 13.2 Å². The summed E-state index contributed by atoms with van der Waals surface area (Å²) in [7, 11) is 0. The first-order valence-electron chi connectivity index (χ1n) is 7.99. The number of aliphatic imine (C=N–C) groups is 1. The van der Waals surface area contributed by atoms with Gasteiger partial charge in [-0.2, -0.15) is 0 Å². The first kappa shape index (κ1) is 22.6. The molecule has 0 radical (unpaired) electrons. The zero-order chi connectivity index (χ0) is 17.1. The molecule has 136 valence electrons. The van der Waals surface area contributed by atoms with Crippen LogP contribution in [0.3, 0.4) is 0 Å².